The third kappa shape index (κ3) is 5.34. The van der Waals surface area contributed by atoms with Crippen LogP contribution in [-0.2, 0) is 57.1 Å². The van der Waals surface area contributed by atoms with Gasteiger partial charge in [0, 0.05) is 14.2 Å². The summed E-state index contributed by atoms with van der Waals surface area (Å²) in [5, 5.41) is 35.6. The van der Waals surface area contributed by atoms with Gasteiger partial charge in [0.05, 0.1) is 12.1 Å². The third-order valence-corrected chi connectivity index (χ3v) is 7.92. The van der Waals surface area contributed by atoms with Crippen molar-refractivity contribution >= 4 is 25.5 Å². The molecule has 16 atom stereocenters. The Bertz CT molecular complexity index is 979. The molecule has 11 unspecified atom stereocenters. The predicted octanol–water partition coefficient (Wildman–Crippen LogP) is -5.05. The number of methoxy groups -OCH3 is 2. The molecule has 5 aliphatic heterocycles. The molecule has 5 rings (SSSR count). The van der Waals surface area contributed by atoms with Gasteiger partial charge in [-0.3, -0.25) is 19.2 Å². The molecule has 5 heterocycles. The molecule has 18 nitrogen and oxygen atoms in total. The first kappa shape index (κ1) is 30.1. The van der Waals surface area contributed by atoms with Crippen LogP contribution in [0, 0.1) is 0 Å². The van der Waals surface area contributed by atoms with Gasteiger partial charge in [0.1, 0.15) is 48.7 Å². The van der Waals surface area contributed by atoms with Crippen LogP contribution in [0.2, 0.25) is 0 Å². The lowest BCUT2D eigenvalue weighted by molar-refractivity contribution is -0.355. The van der Waals surface area contributed by atoms with E-state index in [2.05, 4.69) is 5.32 Å². The number of fused-ring (bicyclic) bond motifs is 2. The molecule has 0 aromatic rings. The van der Waals surface area contributed by atoms with Crippen LogP contribution in [0.4, 0.5) is 0 Å². The zero-order valence-corrected chi connectivity index (χ0v) is 22.2. The van der Waals surface area contributed by atoms with E-state index >= 15 is 0 Å². The Balaban J connectivity index is 1.36. The lowest BCUT2D eigenvalue weighted by atomic mass is 9.96. The monoisotopic (exact) mass is 591 g/mol. The Hall–Kier alpha value is -2.36. The van der Waals surface area contributed by atoms with Gasteiger partial charge in [-0.1, -0.05) is 0 Å². The van der Waals surface area contributed by atoms with Crippen molar-refractivity contribution in [3.05, 3.63) is 0 Å². The summed E-state index contributed by atoms with van der Waals surface area (Å²) in [4.78, 5) is 47.9. The van der Waals surface area contributed by atoms with Crippen LogP contribution in [0.5, 0.6) is 0 Å². The molecule has 230 valence electrons. The summed E-state index contributed by atoms with van der Waals surface area (Å²) in [5.74, 6) is 0. The number of carbonyl (C=O) groups excluding carboxylic acids is 4. The summed E-state index contributed by atoms with van der Waals surface area (Å²) in [5.41, 5.74) is 0. The van der Waals surface area contributed by atoms with Crippen LogP contribution in [-0.4, -0.2) is 163 Å². The number of rotatable bonds is 13. The Labute approximate surface area is 233 Å². The largest absolute Gasteiger partial charge is 0.388 e. The summed E-state index contributed by atoms with van der Waals surface area (Å²) in [6.45, 7) is 1.56. The van der Waals surface area contributed by atoms with E-state index in [1.165, 1.54) is 24.0 Å². The highest BCUT2D eigenvalue weighted by atomic mass is 16.8. The number of amides is 3. The van der Waals surface area contributed by atoms with Crippen molar-refractivity contribution in [3.8, 4) is 0 Å². The number of aliphatic hydroxyl groups excluding tert-OH is 3. The van der Waals surface area contributed by atoms with E-state index < -0.39 is 98.5 Å². The van der Waals surface area contributed by atoms with Crippen LogP contribution >= 0.6 is 0 Å². The van der Waals surface area contributed by atoms with E-state index in [9.17, 15) is 34.5 Å². The van der Waals surface area contributed by atoms with Crippen molar-refractivity contribution in [2.45, 2.75) is 105 Å². The SMILES string of the molecule is CO[C@@H](C=O)OC1C(O)C2[C@H](O[C@@H]1OC1C(O)C(OC3C(O)C4[C@H](O[C@@H]3OC)N4C=O)OC(C)C1NC=O)N2C=O. The van der Waals surface area contributed by atoms with E-state index in [0.29, 0.717) is 25.5 Å². The quantitative estimate of drug-likeness (QED) is 0.0894. The van der Waals surface area contributed by atoms with Gasteiger partial charge in [0.15, 0.2) is 37.6 Å². The summed E-state index contributed by atoms with van der Waals surface area (Å²) in [6, 6.07) is -2.44. The smallest absolute Gasteiger partial charge is 0.214 e. The first-order valence-corrected chi connectivity index (χ1v) is 12.9. The third-order valence-electron chi connectivity index (χ3n) is 7.92. The molecule has 18 heteroatoms. The minimum Gasteiger partial charge on any atom is -0.388 e. The van der Waals surface area contributed by atoms with Crippen molar-refractivity contribution in [1.82, 2.24) is 15.1 Å². The predicted molar refractivity (Wildman–Crippen MR) is 125 cm³/mol. The molecule has 0 bridgehead atoms. The maximum absolute atomic E-state index is 11.4. The highest BCUT2D eigenvalue weighted by Crippen LogP contribution is 2.42. The summed E-state index contributed by atoms with van der Waals surface area (Å²) in [7, 11) is 2.51. The fourth-order valence-electron chi connectivity index (χ4n) is 5.67. The Morgan fingerprint density at radius 2 is 1.37 bits per heavy atom. The molecule has 5 fully saturated rings. The van der Waals surface area contributed by atoms with Gasteiger partial charge in [-0.05, 0) is 6.92 Å². The number of hydrogen-bond donors (Lipinski definition) is 4. The molecule has 0 aliphatic carbocycles. The topological polar surface area (TPSA) is 221 Å². The van der Waals surface area contributed by atoms with Crippen molar-refractivity contribution in [2.75, 3.05) is 14.2 Å². The van der Waals surface area contributed by atoms with Crippen LogP contribution in [0.3, 0.4) is 0 Å². The minimum atomic E-state index is -1.66. The number of ether oxygens (including phenoxy) is 8. The average Bonchev–Trinajstić information content (AvgIpc) is 3.87. The molecule has 5 aliphatic rings. The Kier molecular flexibility index (Phi) is 8.88. The maximum atomic E-state index is 11.4. The fourth-order valence-corrected chi connectivity index (χ4v) is 5.67. The molecular formula is C23H33N3O15. The number of aldehydes is 1. The first-order valence-electron chi connectivity index (χ1n) is 12.9. The molecule has 0 spiro atoms. The van der Waals surface area contributed by atoms with Gasteiger partial charge in [-0.2, -0.15) is 0 Å². The van der Waals surface area contributed by atoms with Gasteiger partial charge in [0.25, 0.3) is 0 Å². The van der Waals surface area contributed by atoms with Gasteiger partial charge in [-0.25, -0.2) is 0 Å². The highest BCUT2D eigenvalue weighted by molar-refractivity contribution is 5.55. The zero-order valence-electron chi connectivity index (χ0n) is 22.2. The van der Waals surface area contributed by atoms with Crippen LogP contribution < -0.4 is 5.32 Å². The van der Waals surface area contributed by atoms with E-state index in [-0.39, 0.29) is 0 Å². The summed E-state index contributed by atoms with van der Waals surface area (Å²) in [6.07, 6.45) is -14.4. The fraction of sp³-hybridized carbons (Fsp3) is 0.826. The average molecular weight is 592 g/mol. The number of carbonyl (C=O) groups is 4. The molecular weight excluding hydrogens is 558 g/mol. The molecule has 0 aromatic heterocycles. The van der Waals surface area contributed by atoms with E-state index in [4.69, 9.17) is 37.9 Å². The summed E-state index contributed by atoms with van der Waals surface area (Å²) < 4.78 is 45.1. The van der Waals surface area contributed by atoms with Crippen molar-refractivity contribution < 1.29 is 72.4 Å². The number of aliphatic hydroxyl groups is 3. The van der Waals surface area contributed by atoms with Crippen LogP contribution in [0.25, 0.3) is 0 Å². The standard InChI is InChI=1S/C23H33N3O15/c1-8-10(24-5-28)16(38-23-18(37-9(4-27)34-2)14(32)12-20(41-23)26(12)7-30)15(33)21(36-8)39-17-13(31)11-19(25(11)6-29)40-22(17)35-3/h4-23,31-33H,1-3H3,(H,24,28)/t8?,9-,10?,11?,12?,13?,14?,15?,16?,17?,18?,19+,20+,21?,22+,23+,25?,26?/m1/s1. The lowest BCUT2D eigenvalue weighted by Gasteiger charge is -2.47. The van der Waals surface area contributed by atoms with E-state index in [1.807, 2.05) is 0 Å². The number of nitrogens with one attached hydrogen (secondary N) is 1. The second kappa shape index (κ2) is 12.1. The summed E-state index contributed by atoms with van der Waals surface area (Å²) >= 11 is 0. The number of hydrogen-bond acceptors (Lipinski definition) is 15. The second-order valence-corrected chi connectivity index (χ2v) is 10.1. The second-order valence-electron chi connectivity index (χ2n) is 10.1. The van der Waals surface area contributed by atoms with Crippen molar-refractivity contribution in [3.63, 3.8) is 0 Å². The van der Waals surface area contributed by atoms with Crippen molar-refractivity contribution in [1.29, 1.82) is 0 Å². The molecule has 3 amide bonds. The maximum Gasteiger partial charge on any atom is 0.214 e. The highest BCUT2D eigenvalue weighted by Gasteiger charge is 2.64. The molecule has 4 N–H and O–H groups in total. The molecule has 0 saturated carbocycles. The molecule has 0 radical (unpaired) electrons. The number of nitrogens with zero attached hydrogens (tertiary/aromatic N) is 2. The van der Waals surface area contributed by atoms with Gasteiger partial charge < -0.3 is 68.3 Å². The van der Waals surface area contributed by atoms with Crippen molar-refractivity contribution in [2.24, 2.45) is 0 Å². The van der Waals surface area contributed by atoms with Crippen LogP contribution in [0.1, 0.15) is 6.92 Å². The minimum absolute atomic E-state index is 0.339. The van der Waals surface area contributed by atoms with Gasteiger partial charge in [-0.15, -0.1) is 0 Å². The van der Waals surface area contributed by atoms with E-state index in [0.717, 1.165) is 0 Å². The van der Waals surface area contributed by atoms with Gasteiger partial charge in [0.2, 0.25) is 25.5 Å². The zero-order chi connectivity index (χ0) is 29.6. The molecule has 0 aromatic carbocycles. The normalized spacial score (nSPS) is 47.4. The van der Waals surface area contributed by atoms with Gasteiger partial charge >= 0.3 is 0 Å². The van der Waals surface area contributed by atoms with Crippen LogP contribution in [0.15, 0.2) is 0 Å². The first-order chi connectivity index (χ1) is 19.7. The lowest BCUT2D eigenvalue weighted by Crippen LogP contribution is -2.66. The molecule has 41 heavy (non-hydrogen) atoms. The molecule has 5 saturated heterocycles. The Morgan fingerprint density at radius 1 is 0.780 bits per heavy atom. The Morgan fingerprint density at radius 3 is 1.90 bits per heavy atom. The van der Waals surface area contributed by atoms with E-state index in [1.54, 1.807) is 6.92 Å².